The number of aromatic nitrogens is 1. The molecule has 7 unspecified atom stereocenters. The summed E-state index contributed by atoms with van der Waals surface area (Å²) in [4.78, 5) is 107. The molecule has 0 saturated carbocycles. The topological polar surface area (TPSA) is 188 Å². The summed E-state index contributed by atoms with van der Waals surface area (Å²) in [6.45, 7) is 14.5. The lowest BCUT2D eigenvalue weighted by Gasteiger charge is -2.37. The summed E-state index contributed by atoms with van der Waals surface area (Å²) in [5.41, 5.74) is 1.60. The van der Waals surface area contributed by atoms with Gasteiger partial charge >= 0.3 is 0 Å². The van der Waals surface area contributed by atoms with Crippen molar-refractivity contribution in [2.45, 2.75) is 105 Å². The van der Waals surface area contributed by atoms with E-state index in [4.69, 9.17) is 0 Å². The van der Waals surface area contributed by atoms with Gasteiger partial charge in [-0.05, 0) is 49.4 Å². The number of amides is 7. The number of hydrogen-bond donors (Lipinski definition) is 4. The molecule has 60 heavy (non-hydrogen) atoms. The Hall–Kier alpha value is -4.99. The number of aromatic amines is 1. The fourth-order valence-corrected chi connectivity index (χ4v) is 7.38. The van der Waals surface area contributed by atoms with Crippen molar-refractivity contribution in [2.75, 3.05) is 62.4 Å². The van der Waals surface area contributed by atoms with Crippen LogP contribution in [-0.2, 0) is 40.0 Å². The summed E-state index contributed by atoms with van der Waals surface area (Å²) in [5.74, 6) is -4.24. The van der Waals surface area contributed by atoms with Gasteiger partial charge in [0.15, 0.2) is 0 Å². The molecule has 0 aliphatic carbocycles. The van der Waals surface area contributed by atoms with Gasteiger partial charge in [-0.2, -0.15) is 0 Å². The van der Waals surface area contributed by atoms with Gasteiger partial charge in [-0.25, -0.2) is 0 Å². The maximum absolute atomic E-state index is 14.6. The number of hydrogen-bond acceptors (Lipinski definition) is 8. The van der Waals surface area contributed by atoms with Crippen molar-refractivity contribution in [3.63, 3.8) is 0 Å². The van der Waals surface area contributed by atoms with Gasteiger partial charge in [-0.1, -0.05) is 86.4 Å². The molecule has 7 amide bonds. The van der Waals surface area contributed by atoms with Gasteiger partial charge in [0.1, 0.15) is 30.2 Å². The highest BCUT2D eigenvalue weighted by Crippen LogP contribution is 2.22. The van der Waals surface area contributed by atoms with Crippen LogP contribution in [0.1, 0.15) is 73.8 Å². The van der Waals surface area contributed by atoms with E-state index in [1.165, 1.54) is 40.7 Å². The Labute approximate surface area is 357 Å². The van der Waals surface area contributed by atoms with Crippen molar-refractivity contribution >= 4 is 52.3 Å². The molecule has 16 heteroatoms. The lowest BCUT2D eigenvalue weighted by molar-refractivity contribution is -0.149. The highest BCUT2D eigenvalue weighted by molar-refractivity contribution is 5.97. The van der Waals surface area contributed by atoms with Crippen LogP contribution < -0.4 is 16.0 Å². The Balaban J connectivity index is 2.45. The van der Waals surface area contributed by atoms with E-state index in [9.17, 15) is 33.6 Å². The predicted octanol–water partition coefficient (Wildman–Crippen LogP) is 2.33. The van der Waals surface area contributed by atoms with Crippen LogP contribution in [0.2, 0.25) is 0 Å². The van der Waals surface area contributed by atoms with Gasteiger partial charge in [-0.15, -0.1) is 0 Å². The number of para-hydroxylation sites is 1. The van der Waals surface area contributed by atoms with Gasteiger partial charge in [0.25, 0.3) is 0 Å². The molecular formula is C44H73N9O7. The molecule has 2 rings (SSSR count). The zero-order valence-corrected chi connectivity index (χ0v) is 38.7. The maximum atomic E-state index is 14.6. The van der Waals surface area contributed by atoms with Crippen LogP contribution in [-0.4, -0.2) is 163 Å². The number of carbonyl (C=O) groups is 7. The first-order chi connectivity index (χ1) is 28.0. The van der Waals surface area contributed by atoms with E-state index in [0.29, 0.717) is 12.8 Å². The summed E-state index contributed by atoms with van der Waals surface area (Å²) < 4.78 is 0. The second-order valence-corrected chi connectivity index (χ2v) is 17.4. The first-order valence-electron chi connectivity index (χ1n) is 21.1. The second kappa shape index (κ2) is 23.1. The van der Waals surface area contributed by atoms with E-state index in [2.05, 4.69) is 20.9 Å². The monoisotopic (exact) mass is 840 g/mol. The lowest BCUT2D eigenvalue weighted by atomic mass is 9.94. The average molecular weight is 840 g/mol. The maximum Gasteiger partial charge on any atom is 0.245 e. The molecule has 16 nitrogen and oxygen atoms in total. The van der Waals surface area contributed by atoms with Crippen molar-refractivity contribution in [3.05, 3.63) is 36.0 Å². The van der Waals surface area contributed by atoms with E-state index in [1.807, 2.05) is 79.7 Å². The van der Waals surface area contributed by atoms with Crippen LogP contribution >= 0.6 is 0 Å². The summed E-state index contributed by atoms with van der Waals surface area (Å²) >= 11 is 0. The highest BCUT2D eigenvalue weighted by atomic mass is 16.2. The molecular weight excluding hydrogens is 767 g/mol. The van der Waals surface area contributed by atoms with Crippen molar-refractivity contribution in [1.82, 2.24) is 45.4 Å². The first-order valence-corrected chi connectivity index (χ1v) is 21.1. The zero-order valence-electron chi connectivity index (χ0n) is 38.7. The minimum atomic E-state index is -1.15. The number of rotatable bonds is 22. The fraction of sp³-hybridized carbons (Fsp3) is 0.659. The third kappa shape index (κ3) is 13.5. The minimum absolute atomic E-state index is 0.0699. The van der Waals surface area contributed by atoms with Crippen LogP contribution in [0.4, 0.5) is 0 Å². The highest BCUT2D eigenvalue weighted by Gasteiger charge is 2.40. The summed E-state index contributed by atoms with van der Waals surface area (Å²) in [6, 6.07) is 2.79. The fourth-order valence-electron chi connectivity index (χ4n) is 7.38. The largest absolute Gasteiger partial charge is 0.361 e. The van der Waals surface area contributed by atoms with Crippen molar-refractivity contribution in [3.8, 4) is 0 Å². The molecule has 4 N–H and O–H groups in total. The summed E-state index contributed by atoms with van der Waals surface area (Å²) in [6.07, 6.45) is 3.03. The molecule has 7 atom stereocenters. The number of carbonyl (C=O) groups excluding carboxylic acids is 7. The van der Waals surface area contributed by atoms with E-state index in [-0.39, 0.29) is 48.5 Å². The molecule has 1 aromatic carbocycles. The van der Waals surface area contributed by atoms with Crippen LogP contribution in [0.5, 0.6) is 0 Å². The molecule has 2 aromatic rings. The third-order valence-corrected chi connectivity index (χ3v) is 11.3. The summed E-state index contributed by atoms with van der Waals surface area (Å²) in [7, 11) is 11.3. The second-order valence-electron chi connectivity index (χ2n) is 17.4. The lowest BCUT2D eigenvalue weighted by Crippen LogP contribution is -2.60. The molecule has 0 saturated heterocycles. The summed E-state index contributed by atoms with van der Waals surface area (Å²) in [5, 5.41) is 9.45. The standard InChI is InChI=1S/C44H73N9O7/c1-16-28(7)37(42(58)50(11)12)48-40(56)38(27(5)6)52(14)41(57)33(22-30-23-45-32-21-19-18-20-31(30)32)46-35(55)25-51(13)44(60)39(29(8)17-2)53(15)43(59)36(26(3)4)47-34(54)24-49(9)10/h18-21,23,26-29,33,36-39,45H,16-17,22,24-25H2,1-15H3,(H,46,55)(H,47,54)(H,48,56). The van der Waals surface area contributed by atoms with Gasteiger partial charge in [0, 0.05) is 58.8 Å². The molecule has 0 aliphatic heterocycles. The van der Waals surface area contributed by atoms with Crippen LogP contribution in [0, 0.1) is 23.7 Å². The van der Waals surface area contributed by atoms with E-state index < -0.39 is 66.3 Å². The van der Waals surface area contributed by atoms with Crippen LogP contribution in [0.25, 0.3) is 10.9 Å². The van der Waals surface area contributed by atoms with Gasteiger partial charge in [0.05, 0.1) is 13.1 Å². The minimum Gasteiger partial charge on any atom is -0.361 e. The SMILES string of the molecule is CCC(C)C(NC(=O)C(C(C)C)N(C)C(=O)C(Cc1c[nH]c2ccccc12)NC(=O)CN(C)C(=O)C(C(C)CC)N(C)C(=O)C(NC(=O)CN(C)C)C(C)C)C(=O)N(C)C. The Bertz CT molecular complexity index is 1790. The number of H-pyrrole nitrogens is 1. The first kappa shape index (κ1) is 51.2. The molecule has 0 spiro atoms. The molecule has 0 fully saturated rings. The molecule has 1 aromatic heterocycles. The number of nitrogens with one attached hydrogen (secondary N) is 4. The van der Waals surface area contributed by atoms with Crippen molar-refractivity contribution in [1.29, 1.82) is 0 Å². The third-order valence-electron chi connectivity index (χ3n) is 11.3. The quantitative estimate of drug-likeness (QED) is 0.139. The van der Waals surface area contributed by atoms with E-state index in [0.717, 1.165) is 16.5 Å². The van der Waals surface area contributed by atoms with Crippen molar-refractivity contribution < 1.29 is 33.6 Å². The molecule has 336 valence electrons. The van der Waals surface area contributed by atoms with Gasteiger partial charge < -0.3 is 45.4 Å². The van der Waals surface area contributed by atoms with E-state index in [1.54, 1.807) is 39.3 Å². The van der Waals surface area contributed by atoms with Crippen LogP contribution in [0.15, 0.2) is 30.5 Å². The number of fused-ring (bicyclic) bond motifs is 1. The molecule has 0 bridgehead atoms. The number of nitrogens with zero attached hydrogens (tertiary/aromatic N) is 5. The van der Waals surface area contributed by atoms with Gasteiger partial charge in [-0.3, -0.25) is 33.6 Å². The predicted molar refractivity (Wildman–Crippen MR) is 234 cm³/mol. The Morgan fingerprint density at radius 2 is 1.18 bits per heavy atom. The molecule has 1 heterocycles. The zero-order chi connectivity index (χ0) is 45.8. The van der Waals surface area contributed by atoms with Crippen LogP contribution in [0.3, 0.4) is 0 Å². The normalized spacial score (nSPS) is 15.0. The smallest absolute Gasteiger partial charge is 0.245 e. The Kier molecular flexibility index (Phi) is 19.7. The molecule has 0 radical (unpaired) electrons. The average Bonchev–Trinajstić information content (AvgIpc) is 3.59. The van der Waals surface area contributed by atoms with E-state index >= 15 is 0 Å². The Morgan fingerprint density at radius 3 is 1.72 bits per heavy atom. The Morgan fingerprint density at radius 1 is 0.617 bits per heavy atom. The number of likely N-dealkylation sites (N-methyl/N-ethyl adjacent to an activating group) is 5. The van der Waals surface area contributed by atoms with Crippen molar-refractivity contribution in [2.24, 2.45) is 23.7 Å². The molecule has 0 aliphatic rings. The number of benzene rings is 1. The van der Waals surface area contributed by atoms with Gasteiger partial charge in [0.2, 0.25) is 41.4 Å².